The number of aliphatic hydroxyl groups is 1. The van der Waals surface area contributed by atoms with Gasteiger partial charge in [-0.1, -0.05) is 34.1 Å². The van der Waals surface area contributed by atoms with E-state index in [1.807, 2.05) is 60.0 Å². The standard InChI is InChI=1S/C17H17BrN2O2/c1-12-19-16-7-2-3-8-17(16)20(12)10-14(21)11-22-15-6-4-5-13(18)9-15/h2-9,14,21H,10-11H2,1H3. The number of imidazole rings is 1. The summed E-state index contributed by atoms with van der Waals surface area (Å²) in [7, 11) is 0. The van der Waals surface area contributed by atoms with E-state index < -0.39 is 6.10 Å². The van der Waals surface area contributed by atoms with Crippen molar-refractivity contribution in [3.8, 4) is 5.75 Å². The van der Waals surface area contributed by atoms with Gasteiger partial charge in [0.15, 0.2) is 0 Å². The molecule has 4 nitrogen and oxygen atoms in total. The molecule has 0 radical (unpaired) electrons. The highest BCUT2D eigenvalue weighted by atomic mass is 79.9. The summed E-state index contributed by atoms with van der Waals surface area (Å²) in [5.41, 5.74) is 1.97. The van der Waals surface area contributed by atoms with Crippen molar-refractivity contribution in [1.29, 1.82) is 0 Å². The van der Waals surface area contributed by atoms with Crippen LogP contribution in [0.5, 0.6) is 5.75 Å². The molecule has 0 amide bonds. The molecule has 0 aliphatic heterocycles. The minimum absolute atomic E-state index is 0.238. The number of hydrogen-bond acceptors (Lipinski definition) is 3. The Labute approximate surface area is 137 Å². The second-order valence-electron chi connectivity index (χ2n) is 5.18. The minimum Gasteiger partial charge on any atom is -0.491 e. The van der Waals surface area contributed by atoms with Crippen LogP contribution in [0.2, 0.25) is 0 Å². The monoisotopic (exact) mass is 360 g/mol. The topological polar surface area (TPSA) is 47.3 Å². The van der Waals surface area contributed by atoms with Gasteiger partial charge in [-0.25, -0.2) is 4.98 Å². The van der Waals surface area contributed by atoms with E-state index in [9.17, 15) is 5.11 Å². The molecule has 22 heavy (non-hydrogen) atoms. The van der Waals surface area contributed by atoms with E-state index >= 15 is 0 Å². The molecule has 0 bridgehead atoms. The fourth-order valence-electron chi connectivity index (χ4n) is 2.44. The number of fused-ring (bicyclic) bond motifs is 1. The van der Waals surface area contributed by atoms with Crippen LogP contribution in [0.4, 0.5) is 0 Å². The third kappa shape index (κ3) is 3.31. The average Bonchev–Trinajstić information content (AvgIpc) is 2.81. The first-order chi connectivity index (χ1) is 10.6. The summed E-state index contributed by atoms with van der Waals surface area (Å²) in [6.45, 7) is 2.64. The Morgan fingerprint density at radius 2 is 2.05 bits per heavy atom. The zero-order chi connectivity index (χ0) is 15.5. The van der Waals surface area contributed by atoms with Gasteiger partial charge in [-0.3, -0.25) is 0 Å². The second kappa shape index (κ2) is 6.50. The molecule has 1 aromatic heterocycles. The first-order valence-electron chi connectivity index (χ1n) is 7.12. The minimum atomic E-state index is -0.602. The third-order valence-electron chi connectivity index (χ3n) is 3.48. The highest BCUT2D eigenvalue weighted by Crippen LogP contribution is 2.19. The van der Waals surface area contributed by atoms with Crippen LogP contribution in [0.1, 0.15) is 5.82 Å². The van der Waals surface area contributed by atoms with Crippen LogP contribution < -0.4 is 4.74 Å². The number of halogens is 1. The van der Waals surface area contributed by atoms with Crippen molar-refractivity contribution >= 4 is 27.0 Å². The molecule has 2 aromatic carbocycles. The molecule has 0 fully saturated rings. The molecule has 3 aromatic rings. The van der Waals surface area contributed by atoms with Crippen LogP contribution in [-0.2, 0) is 6.54 Å². The van der Waals surface area contributed by atoms with Crippen LogP contribution in [0.25, 0.3) is 11.0 Å². The first-order valence-corrected chi connectivity index (χ1v) is 7.91. The fraction of sp³-hybridized carbons (Fsp3) is 0.235. The van der Waals surface area contributed by atoms with Gasteiger partial charge in [0.1, 0.15) is 24.3 Å². The van der Waals surface area contributed by atoms with Crippen molar-refractivity contribution in [2.24, 2.45) is 0 Å². The Bertz CT molecular complexity index is 785. The predicted molar refractivity (Wildman–Crippen MR) is 90.1 cm³/mol. The third-order valence-corrected chi connectivity index (χ3v) is 3.97. The number of aryl methyl sites for hydroxylation is 1. The van der Waals surface area contributed by atoms with Crippen molar-refractivity contribution in [1.82, 2.24) is 9.55 Å². The average molecular weight is 361 g/mol. The number of aliphatic hydroxyl groups excluding tert-OH is 1. The molecular weight excluding hydrogens is 344 g/mol. The van der Waals surface area contributed by atoms with Gasteiger partial charge in [0, 0.05) is 4.47 Å². The molecule has 1 heterocycles. The van der Waals surface area contributed by atoms with Crippen LogP contribution in [-0.4, -0.2) is 27.4 Å². The van der Waals surface area contributed by atoms with E-state index in [0.29, 0.717) is 6.54 Å². The first kappa shape index (κ1) is 15.1. The lowest BCUT2D eigenvalue weighted by Crippen LogP contribution is -2.24. The zero-order valence-electron chi connectivity index (χ0n) is 12.2. The van der Waals surface area contributed by atoms with E-state index in [1.165, 1.54) is 0 Å². The number of para-hydroxylation sites is 2. The summed E-state index contributed by atoms with van der Waals surface area (Å²) in [5.74, 6) is 1.63. The normalized spacial score (nSPS) is 12.5. The van der Waals surface area contributed by atoms with Crippen molar-refractivity contribution in [3.05, 3.63) is 58.8 Å². The summed E-state index contributed by atoms with van der Waals surface area (Å²) in [5, 5.41) is 10.3. The molecule has 5 heteroatoms. The van der Waals surface area contributed by atoms with E-state index in [1.54, 1.807) is 0 Å². The van der Waals surface area contributed by atoms with Gasteiger partial charge < -0.3 is 14.4 Å². The number of aromatic nitrogens is 2. The van der Waals surface area contributed by atoms with Crippen molar-refractivity contribution < 1.29 is 9.84 Å². The number of ether oxygens (including phenoxy) is 1. The molecule has 0 spiro atoms. The molecule has 0 saturated heterocycles. The zero-order valence-corrected chi connectivity index (χ0v) is 13.8. The number of rotatable bonds is 5. The molecular formula is C17H17BrN2O2. The molecule has 1 unspecified atom stereocenters. The number of nitrogens with zero attached hydrogens (tertiary/aromatic N) is 2. The van der Waals surface area contributed by atoms with E-state index in [-0.39, 0.29) is 6.61 Å². The molecule has 1 atom stereocenters. The Morgan fingerprint density at radius 3 is 2.86 bits per heavy atom. The molecule has 3 rings (SSSR count). The Balaban J connectivity index is 1.68. The van der Waals surface area contributed by atoms with Gasteiger partial charge >= 0.3 is 0 Å². The SMILES string of the molecule is Cc1nc2ccccc2n1CC(O)COc1cccc(Br)c1. The van der Waals surface area contributed by atoms with E-state index in [4.69, 9.17) is 4.74 Å². The Kier molecular flexibility index (Phi) is 4.45. The van der Waals surface area contributed by atoms with Gasteiger partial charge in [0.05, 0.1) is 17.6 Å². The number of hydrogen-bond donors (Lipinski definition) is 1. The van der Waals surface area contributed by atoms with Crippen molar-refractivity contribution in [2.45, 2.75) is 19.6 Å². The Hall–Kier alpha value is -1.85. The maximum atomic E-state index is 10.3. The summed E-state index contributed by atoms with van der Waals surface area (Å²) in [6, 6.07) is 15.5. The summed E-state index contributed by atoms with van der Waals surface area (Å²) in [4.78, 5) is 4.50. The van der Waals surface area contributed by atoms with Gasteiger partial charge in [0.2, 0.25) is 0 Å². The molecule has 0 aliphatic rings. The van der Waals surface area contributed by atoms with Crippen LogP contribution in [0.15, 0.2) is 53.0 Å². The second-order valence-corrected chi connectivity index (χ2v) is 6.10. The van der Waals surface area contributed by atoms with Crippen molar-refractivity contribution in [2.75, 3.05) is 6.61 Å². The summed E-state index contributed by atoms with van der Waals surface area (Å²) >= 11 is 3.40. The highest BCUT2D eigenvalue weighted by molar-refractivity contribution is 9.10. The molecule has 114 valence electrons. The van der Waals surface area contributed by atoms with Crippen LogP contribution in [0, 0.1) is 6.92 Å². The lowest BCUT2D eigenvalue weighted by atomic mass is 10.3. The Morgan fingerprint density at radius 1 is 1.23 bits per heavy atom. The van der Waals surface area contributed by atoms with E-state index in [0.717, 1.165) is 27.1 Å². The van der Waals surface area contributed by atoms with Gasteiger partial charge in [0.25, 0.3) is 0 Å². The van der Waals surface area contributed by atoms with Gasteiger partial charge in [-0.05, 0) is 37.3 Å². The largest absolute Gasteiger partial charge is 0.491 e. The van der Waals surface area contributed by atoms with Gasteiger partial charge in [-0.15, -0.1) is 0 Å². The molecule has 0 aliphatic carbocycles. The van der Waals surface area contributed by atoms with E-state index in [2.05, 4.69) is 20.9 Å². The maximum Gasteiger partial charge on any atom is 0.120 e. The lowest BCUT2D eigenvalue weighted by molar-refractivity contribution is 0.0929. The lowest BCUT2D eigenvalue weighted by Gasteiger charge is -2.15. The fourth-order valence-corrected chi connectivity index (χ4v) is 2.82. The molecule has 1 N–H and O–H groups in total. The summed E-state index contributed by atoms with van der Waals surface area (Å²) in [6.07, 6.45) is -0.602. The highest BCUT2D eigenvalue weighted by Gasteiger charge is 2.12. The number of benzene rings is 2. The van der Waals surface area contributed by atoms with Crippen molar-refractivity contribution in [3.63, 3.8) is 0 Å². The van der Waals surface area contributed by atoms with Crippen LogP contribution in [0.3, 0.4) is 0 Å². The maximum absolute atomic E-state index is 10.3. The molecule has 0 saturated carbocycles. The van der Waals surface area contributed by atoms with Crippen LogP contribution >= 0.6 is 15.9 Å². The predicted octanol–water partition coefficient (Wildman–Crippen LogP) is 3.55. The van der Waals surface area contributed by atoms with Gasteiger partial charge in [-0.2, -0.15) is 0 Å². The quantitative estimate of drug-likeness (QED) is 0.756. The summed E-state index contributed by atoms with van der Waals surface area (Å²) < 4.78 is 8.61. The smallest absolute Gasteiger partial charge is 0.120 e.